The van der Waals surface area contributed by atoms with Crippen LogP contribution >= 0.6 is 0 Å². The second-order valence-electron chi connectivity index (χ2n) is 15.7. The van der Waals surface area contributed by atoms with E-state index in [4.69, 9.17) is 0 Å². The van der Waals surface area contributed by atoms with Crippen LogP contribution in [0.15, 0.2) is 60.9 Å². The van der Waals surface area contributed by atoms with E-state index in [9.17, 15) is 18.4 Å². The van der Waals surface area contributed by atoms with Crippen molar-refractivity contribution >= 4 is 11.8 Å². The molecule has 6 N–H and O–H groups in total. The standard InChI is InChI=1S/C38H48F2N8O2/c1-37(2,3)31(47-35(49)27-15-25(39)17-41-27)33-43-19-29(45-33)23-11-7-21(8-12-23)22-9-13-24(14-10-22)30-20-44-34(46-30)32(38(4,5)6)48-36(50)28-16-26(40)18-42-28/h7-14,19-20,25-28,31-32,41-42H,15-18H2,1-6H3,(H,43,45)(H,44,46)(H,47,49)(H,48,50)/t25-,26-,27+,28+,31-,32-/m1/s1. The van der Waals surface area contributed by atoms with Crippen molar-refractivity contribution in [3.05, 3.63) is 72.6 Å². The molecule has 2 amide bonds. The topological polar surface area (TPSA) is 140 Å². The molecule has 266 valence electrons. The van der Waals surface area contributed by atoms with Gasteiger partial charge in [-0.2, -0.15) is 0 Å². The van der Waals surface area contributed by atoms with Gasteiger partial charge in [0.25, 0.3) is 0 Å². The molecule has 2 saturated heterocycles. The largest absolute Gasteiger partial charge is 0.344 e. The molecular weight excluding hydrogens is 638 g/mol. The van der Waals surface area contributed by atoms with Crippen LogP contribution in [0.3, 0.4) is 0 Å². The molecule has 10 nitrogen and oxygen atoms in total. The van der Waals surface area contributed by atoms with Crippen LogP contribution in [0.4, 0.5) is 8.78 Å². The van der Waals surface area contributed by atoms with Gasteiger partial charge in [0.15, 0.2) is 0 Å². The summed E-state index contributed by atoms with van der Waals surface area (Å²) < 4.78 is 27.4. The van der Waals surface area contributed by atoms with E-state index in [2.05, 4.69) is 65.5 Å². The first-order valence-electron chi connectivity index (χ1n) is 17.3. The summed E-state index contributed by atoms with van der Waals surface area (Å²) in [4.78, 5) is 41.9. The molecule has 0 unspecified atom stereocenters. The van der Waals surface area contributed by atoms with Gasteiger partial charge in [-0.05, 0) is 33.1 Å². The van der Waals surface area contributed by atoms with Gasteiger partial charge < -0.3 is 31.2 Å². The van der Waals surface area contributed by atoms with E-state index in [0.29, 0.717) is 11.6 Å². The fourth-order valence-electron chi connectivity index (χ4n) is 6.60. The first kappa shape index (κ1) is 35.4. The third-order valence-electron chi connectivity index (χ3n) is 9.56. The molecule has 2 aromatic carbocycles. The summed E-state index contributed by atoms with van der Waals surface area (Å²) in [6, 6.07) is 14.5. The third kappa shape index (κ3) is 7.97. The van der Waals surface area contributed by atoms with Crippen LogP contribution in [-0.4, -0.2) is 69.3 Å². The van der Waals surface area contributed by atoms with Crippen molar-refractivity contribution in [2.24, 2.45) is 10.8 Å². The number of halogens is 2. The molecule has 0 bridgehead atoms. The summed E-state index contributed by atoms with van der Waals surface area (Å²) in [5.41, 5.74) is 5.02. The number of nitrogens with zero attached hydrogens (tertiary/aromatic N) is 2. The Hall–Kier alpha value is -4.42. The van der Waals surface area contributed by atoms with Gasteiger partial charge in [-0.15, -0.1) is 0 Å². The van der Waals surface area contributed by atoms with E-state index < -0.39 is 24.4 Å². The zero-order valence-electron chi connectivity index (χ0n) is 29.5. The molecule has 4 aromatic rings. The van der Waals surface area contributed by atoms with Crippen molar-refractivity contribution in [3.8, 4) is 33.6 Å². The van der Waals surface area contributed by atoms with E-state index in [1.165, 1.54) is 0 Å². The van der Waals surface area contributed by atoms with Crippen molar-refractivity contribution in [1.82, 2.24) is 41.2 Å². The number of benzene rings is 2. The van der Waals surface area contributed by atoms with Gasteiger partial charge in [-0.3, -0.25) is 9.59 Å². The number of amides is 2. The quantitative estimate of drug-likeness (QED) is 0.129. The lowest BCUT2D eigenvalue weighted by atomic mass is 9.86. The summed E-state index contributed by atoms with van der Waals surface area (Å²) in [6.45, 7) is 12.6. The Balaban J connectivity index is 1.12. The SMILES string of the molecule is CC(C)(C)[C@H](NC(=O)[C@@H]1C[C@@H](F)CN1)c1ncc(-c2ccc(-c3ccc(-c4cnc([C@@H](NC(=O)[C@@H]5C[C@@H](F)CN5)C(C)(C)C)[nH]4)cc3)cc2)[nH]1. The molecule has 0 spiro atoms. The molecule has 0 aliphatic carbocycles. The summed E-state index contributed by atoms with van der Waals surface area (Å²) in [7, 11) is 0. The summed E-state index contributed by atoms with van der Waals surface area (Å²) in [5.74, 6) is 0.850. The monoisotopic (exact) mass is 686 g/mol. The van der Waals surface area contributed by atoms with Gasteiger partial charge in [0, 0.05) is 25.9 Å². The number of hydrogen-bond donors (Lipinski definition) is 6. The Morgan fingerprint density at radius 1 is 0.640 bits per heavy atom. The third-order valence-corrected chi connectivity index (χ3v) is 9.56. The average molecular weight is 687 g/mol. The molecule has 0 saturated carbocycles. The number of H-pyrrole nitrogens is 2. The van der Waals surface area contributed by atoms with Crippen LogP contribution in [0.25, 0.3) is 33.6 Å². The van der Waals surface area contributed by atoms with Gasteiger partial charge in [-0.1, -0.05) is 90.1 Å². The lowest BCUT2D eigenvalue weighted by Gasteiger charge is -2.31. The maximum Gasteiger partial charge on any atom is 0.237 e. The predicted octanol–water partition coefficient (Wildman–Crippen LogP) is 5.94. The molecule has 0 radical (unpaired) electrons. The molecule has 2 aliphatic heterocycles. The number of hydrogen-bond acceptors (Lipinski definition) is 6. The van der Waals surface area contributed by atoms with Gasteiger partial charge in [0.2, 0.25) is 11.8 Å². The van der Waals surface area contributed by atoms with Crippen molar-refractivity contribution < 1.29 is 18.4 Å². The maximum absolute atomic E-state index is 13.7. The fraction of sp³-hybridized carbons (Fsp3) is 0.474. The van der Waals surface area contributed by atoms with E-state index in [0.717, 1.165) is 33.6 Å². The van der Waals surface area contributed by atoms with Gasteiger partial charge >= 0.3 is 0 Å². The van der Waals surface area contributed by atoms with Gasteiger partial charge in [-0.25, -0.2) is 18.7 Å². The van der Waals surface area contributed by atoms with Crippen LogP contribution < -0.4 is 21.3 Å². The minimum absolute atomic E-state index is 0.174. The first-order chi connectivity index (χ1) is 23.7. The Morgan fingerprint density at radius 2 is 0.980 bits per heavy atom. The number of rotatable bonds is 9. The molecule has 2 aromatic heterocycles. The number of carbonyl (C=O) groups excluding carboxylic acids is 2. The van der Waals surface area contributed by atoms with E-state index >= 15 is 0 Å². The fourth-order valence-corrected chi connectivity index (χ4v) is 6.60. The molecule has 6 rings (SSSR count). The van der Waals surface area contributed by atoms with Crippen molar-refractivity contribution in [2.45, 2.75) is 90.9 Å². The Labute approximate surface area is 292 Å². The highest BCUT2D eigenvalue weighted by molar-refractivity contribution is 5.83. The van der Waals surface area contributed by atoms with Gasteiger partial charge in [0.1, 0.15) is 24.0 Å². The number of carbonyl (C=O) groups is 2. The van der Waals surface area contributed by atoms with Crippen LogP contribution in [0.2, 0.25) is 0 Å². The molecule has 2 fully saturated rings. The highest BCUT2D eigenvalue weighted by Crippen LogP contribution is 2.35. The average Bonchev–Trinajstić information content (AvgIpc) is 3.89. The highest BCUT2D eigenvalue weighted by Gasteiger charge is 2.37. The first-order valence-corrected chi connectivity index (χ1v) is 17.3. The molecule has 50 heavy (non-hydrogen) atoms. The molecule has 6 atom stereocenters. The molecule has 12 heteroatoms. The van der Waals surface area contributed by atoms with Crippen LogP contribution in [-0.2, 0) is 9.59 Å². The maximum atomic E-state index is 13.7. The number of nitrogens with one attached hydrogen (secondary N) is 6. The minimum atomic E-state index is -1.01. The van der Waals surface area contributed by atoms with Gasteiger partial charge in [0.05, 0.1) is 47.9 Å². The number of imidazole rings is 2. The van der Waals surface area contributed by atoms with Crippen molar-refractivity contribution in [2.75, 3.05) is 13.1 Å². The van der Waals surface area contributed by atoms with Crippen molar-refractivity contribution in [3.63, 3.8) is 0 Å². The van der Waals surface area contributed by atoms with Crippen LogP contribution in [0, 0.1) is 10.8 Å². The Bertz CT molecular complexity index is 1660. The minimum Gasteiger partial charge on any atom is -0.344 e. The van der Waals surface area contributed by atoms with E-state index in [-0.39, 0.29) is 60.7 Å². The van der Waals surface area contributed by atoms with Crippen molar-refractivity contribution in [1.29, 1.82) is 0 Å². The van der Waals surface area contributed by atoms with Crippen LogP contribution in [0.5, 0.6) is 0 Å². The number of alkyl halides is 2. The summed E-state index contributed by atoms with van der Waals surface area (Å²) >= 11 is 0. The summed E-state index contributed by atoms with van der Waals surface area (Å²) in [6.07, 6.45) is 1.87. The second-order valence-corrected chi connectivity index (χ2v) is 15.7. The molecular formula is C38H48F2N8O2. The predicted molar refractivity (Wildman–Crippen MR) is 190 cm³/mol. The Morgan fingerprint density at radius 3 is 1.28 bits per heavy atom. The summed E-state index contributed by atoms with van der Waals surface area (Å²) in [5, 5.41) is 12.1. The Kier molecular flexibility index (Phi) is 9.96. The zero-order valence-corrected chi connectivity index (χ0v) is 29.5. The zero-order chi connectivity index (χ0) is 35.8. The van der Waals surface area contributed by atoms with Crippen LogP contribution in [0.1, 0.15) is 78.1 Å². The normalized spacial score (nSPS) is 22.3. The lowest BCUT2D eigenvalue weighted by Crippen LogP contribution is -2.45. The second kappa shape index (κ2) is 14.1. The number of aromatic amines is 2. The lowest BCUT2D eigenvalue weighted by molar-refractivity contribution is -0.125. The number of aromatic nitrogens is 4. The highest BCUT2D eigenvalue weighted by atomic mass is 19.1. The van der Waals surface area contributed by atoms with E-state index in [1.807, 2.05) is 65.8 Å². The molecule has 2 aliphatic rings. The van der Waals surface area contributed by atoms with E-state index in [1.54, 1.807) is 12.4 Å². The molecule has 4 heterocycles. The smallest absolute Gasteiger partial charge is 0.237 e.